The van der Waals surface area contributed by atoms with E-state index in [9.17, 15) is 10.2 Å². The minimum atomic E-state index is 0.128. The van der Waals surface area contributed by atoms with Gasteiger partial charge in [-0.15, -0.1) is 0 Å². The lowest BCUT2D eigenvalue weighted by Crippen LogP contribution is -2.38. The molecule has 2 aromatic carbocycles. The summed E-state index contributed by atoms with van der Waals surface area (Å²) in [5, 5.41) is 22.2. The number of nitrogens with one attached hydrogen (secondary N) is 1. The van der Waals surface area contributed by atoms with Crippen LogP contribution in [0.3, 0.4) is 0 Å². The summed E-state index contributed by atoms with van der Waals surface area (Å²) in [5.41, 5.74) is 9.48. The summed E-state index contributed by atoms with van der Waals surface area (Å²) in [5.74, 6) is 2.20. The van der Waals surface area contributed by atoms with Gasteiger partial charge in [-0.3, -0.25) is 0 Å². The zero-order chi connectivity index (χ0) is 31.0. The Morgan fingerprint density at radius 3 is 1.75 bits per heavy atom. The Hall–Kier alpha value is -3.36. The molecular formula is C37H45N3O2S2+2. The molecule has 0 saturated carbocycles. The van der Waals surface area contributed by atoms with Crippen LogP contribution in [0.2, 0.25) is 0 Å². The van der Waals surface area contributed by atoms with Crippen LogP contribution in [0.1, 0.15) is 48.3 Å². The number of nitrogens with zero attached hydrogens (tertiary/aromatic N) is 2. The highest BCUT2D eigenvalue weighted by atomic mass is 33.1. The van der Waals surface area contributed by atoms with Gasteiger partial charge in [0.1, 0.15) is 13.2 Å². The normalized spacial score (nSPS) is 12.0. The van der Waals surface area contributed by atoms with Crippen molar-refractivity contribution in [3.63, 3.8) is 0 Å². The number of aliphatic hydroxyl groups is 2. The number of hydrogen-bond donors (Lipinski definition) is 3. The van der Waals surface area contributed by atoms with Crippen LogP contribution in [0.4, 0.5) is 5.69 Å². The van der Waals surface area contributed by atoms with Gasteiger partial charge >= 0.3 is 0 Å². The number of rotatable bonds is 17. The van der Waals surface area contributed by atoms with E-state index in [1.807, 2.05) is 58.2 Å². The molecule has 0 aliphatic rings. The summed E-state index contributed by atoms with van der Waals surface area (Å²) in [6, 6.07) is 29.7. The van der Waals surface area contributed by atoms with E-state index >= 15 is 0 Å². The van der Waals surface area contributed by atoms with E-state index in [1.165, 1.54) is 28.7 Å². The van der Waals surface area contributed by atoms with Crippen molar-refractivity contribution in [3.05, 3.63) is 125 Å². The second-order valence-corrected chi connectivity index (χ2v) is 13.4. The monoisotopic (exact) mass is 627 g/mol. The van der Waals surface area contributed by atoms with E-state index in [-0.39, 0.29) is 13.2 Å². The average Bonchev–Trinajstić information content (AvgIpc) is 3.04. The summed E-state index contributed by atoms with van der Waals surface area (Å²) in [7, 11) is 3.89. The van der Waals surface area contributed by atoms with Crippen molar-refractivity contribution < 1.29 is 19.3 Å². The topological polar surface area (TPSA) is 60.2 Å². The molecule has 0 atom stereocenters. The van der Waals surface area contributed by atoms with E-state index in [4.69, 9.17) is 0 Å². The fourth-order valence-electron chi connectivity index (χ4n) is 5.09. The number of aliphatic hydroxyl groups excluding tert-OH is 2. The Morgan fingerprint density at radius 1 is 0.682 bits per heavy atom. The number of pyridine rings is 2. The fraction of sp³-hybridized carbons (Fsp3) is 0.297. The summed E-state index contributed by atoms with van der Waals surface area (Å²) in [6.45, 7) is 6.63. The first kappa shape index (κ1) is 33.5. The van der Waals surface area contributed by atoms with E-state index in [1.54, 1.807) is 0 Å². The predicted octanol–water partition coefficient (Wildman–Crippen LogP) is 6.79. The first-order valence-electron chi connectivity index (χ1n) is 15.3. The molecular weight excluding hydrogens is 583 g/mol. The van der Waals surface area contributed by atoms with E-state index in [0.29, 0.717) is 13.1 Å². The Bertz CT molecular complexity index is 1390. The smallest absolute Gasteiger partial charge is 0.208 e. The number of anilines is 1. The molecule has 0 spiro atoms. The molecule has 3 N–H and O–H groups in total. The van der Waals surface area contributed by atoms with Crippen molar-refractivity contribution >= 4 is 50.6 Å². The molecule has 0 amide bonds. The standard InChI is InChI=1S/C37H44N3O2S2/c1-30(36-9-3-5-20-39(36)22-24-41)28-33-13-11-32(12-14-33)8-7-26-43-44-27-19-38-35-17-15-34(16-18-35)29-31(2)37-10-4-6-21-40(37)23-25-42/h3-6,9-18,20-21,28-29,41-42H,7-8,19,22-27H2,1-2H3/q+1/p+1/b30-28+. The van der Waals surface area contributed by atoms with E-state index < -0.39 is 0 Å². The zero-order valence-electron chi connectivity index (χ0n) is 25.9. The van der Waals surface area contributed by atoms with Gasteiger partial charge in [0.25, 0.3) is 0 Å². The second kappa shape index (κ2) is 18.4. The van der Waals surface area contributed by atoms with Crippen LogP contribution in [-0.4, -0.2) is 41.5 Å². The Balaban J connectivity index is 1.12. The van der Waals surface area contributed by atoms with Gasteiger partial charge in [0.15, 0.2) is 25.5 Å². The number of aromatic nitrogens is 2. The largest absolute Gasteiger partial charge is 0.390 e. The first-order chi connectivity index (χ1) is 21.6. The summed E-state index contributed by atoms with van der Waals surface area (Å²) in [6.07, 6.45) is 10.7. The lowest BCUT2D eigenvalue weighted by atomic mass is 10.0. The first-order valence-corrected chi connectivity index (χ1v) is 17.8. The van der Waals surface area contributed by atoms with Crippen LogP contribution >= 0.6 is 21.6 Å². The molecule has 0 fully saturated rings. The third kappa shape index (κ3) is 10.7. The van der Waals surface area contributed by atoms with Crippen molar-refractivity contribution in [2.24, 2.45) is 0 Å². The molecule has 4 aromatic rings. The molecule has 2 aromatic heterocycles. The maximum absolute atomic E-state index is 9.35. The van der Waals surface area contributed by atoms with Crippen LogP contribution in [0.25, 0.3) is 23.3 Å². The van der Waals surface area contributed by atoms with Crippen LogP contribution in [0.5, 0.6) is 0 Å². The van der Waals surface area contributed by atoms with Gasteiger partial charge in [-0.25, -0.2) is 0 Å². The Labute approximate surface area is 270 Å². The molecule has 0 saturated heterocycles. The fourth-order valence-corrected chi connectivity index (χ4v) is 7.08. The molecule has 230 valence electrons. The highest BCUT2D eigenvalue weighted by molar-refractivity contribution is 8.76. The van der Waals surface area contributed by atoms with Crippen molar-refractivity contribution in [1.82, 2.24) is 0 Å². The zero-order valence-corrected chi connectivity index (χ0v) is 27.5. The maximum Gasteiger partial charge on any atom is 0.208 e. The molecule has 44 heavy (non-hydrogen) atoms. The van der Waals surface area contributed by atoms with Gasteiger partial charge in [0.05, 0.1) is 0 Å². The number of hydrogen-bond acceptors (Lipinski definition) is 5. The molecule has 0 radical (unpaired) electrons. The quantitative estimate of drug-likeness (QED) is 0.0684. The Morgan fingerprint density at radius 2 is 1.20 bits per heavy atom. The number of allylic oxidation sites excluding steroid dienone is 2. The van der Waals surface area contributed by atoms with Crippen molar-refractivity contribution in [2.45, 2.75) is 39.8 Å². The highest BCUT2D eigenvalue weighted by Gasteiger charge is 2.12. The van der Waals surface area contributed by atoms with Gasteiger partial charge < -0.3 is 15.5 Å². The lowest BCUT2D eigenvalue weighted by Gasteiger charge is -2.07. The average molecular weight is 628 g/mol. The van der Waals surface area contributed by atoms with Crippen molar-refractivity contribution in [3.8, 4) is 0 Å². The maximum atomic E-state index is 9.35. The van der Waals surface area contributed by atoms with Gasteiger partial charge in [0.2, 0.25) is 11.4 Å². The van der Waals surface area contributed by atoms with Crippen LogP contribution in [0, 0.1) is 0 Å². The molecule has 0 aliphatic carbocycles. The summed E-state index contributed by atoms with van der Waals surface area (Å²) < 4.78 is 4.17. The third-order valence-corrected chi connectivity index (χ3v) is 9.81. The van der Waals surface area contributed by atoms with E-state index in [2.05, 4.69) is 101 Å². The molecule has 0 unspecified atom stereocenters. The third-order valence-electron chi connectivity index (χ3n) is 7.32. The number of aryl methyl sites for hydroxylation is 1. The molecule has 0 aliphatic heterocycles. The van der Waals surface area contributed by atoms with Crippen LogP contribution < -0.4 is 14.5 Å². The highest BCUT2D eigenvalue weighted by Crippen LogP contribution is 2.23. The molecule has 0 bridgehead atoms. The van der Waals surface area contributed by atoms with Crippen LogP contribution in [0.15, 0.2) is 97.3 Å². The minimum absolute atomic E-state index is 0.128. The summed E-state index contributed by atoms with van der Waals surface area (Å²) in [4.78, 5) is 0. The van der Waals surface area contributed by atoms with Crippen LogP contribution in [-0.2, 0) is 19.5 Å². The van der Waals surface area contributed by atoms with Crippen molar-refractivity contribution in [1.29, 1.82) is 0 Å². The van der Waals surface area contributed by atoms with Gasteiger partial charge in [0, 0.05) is 59.1 Å². The second-order valence-electron chi connectivity index (χ2n) is 10.7. The minimum Gasteiger partial charge on any atom is -0.390 e. The number of benzene rings is 2. The van der Waals surface area contributed by atoms with Gasteiger partial charge in [-0.05, 0) is 79.8 Å². The molecule has 5 nitrogen and oxygen atoms in total. The van der Waals surface area contributed by atoms with Gasteiger partial charge in [-0.1, -0.05) is 58.0 Å². The molecule has 7 heteroatoms. The van der Waals surface area contributed by atoms with E-state index in [0.717, 1.165) is 47.1 Å². The Kier molecular flexibility index (Phi) is 14.1. The molecule has 2 heterocycles. The predicted molar refractivity (Wildman–Crippen MR) is 189 cm³/mol. The molecule has 4 rings (SSSR count). The van der Waals surface area contributed by atoms with Crippen molar-refractivity contribution in [2.75, 3.05) is 36.6 Å². The SMILES string of the molecule is C/C(=C\c1ccc(CCCSSCCNc2ccc(/C=C(\C)c3cccc[n+]3CCO)cc2)cc1)c1cccc[n+]1CCO. The summed E-state index contributed by atoms with van der Waals surface area (Å²) >= 11 is 0. The lowest BCUT2D eigenvalue weighted by molar-refractivity contribution is -0.700. The van der Waals surface area contributed by atoms with Gasteiger partial charge in [-0.2, -0.15) is 9.13 Å².